The molecule has 1 fully saturated rings. The predicted octanol–water partition coefficient (Wildman–Crippen LogP) is 2.91. The van der Waals surface area contributed by atoms with E-state index in [1.807, 2.05) is 0 Å². The number of amides is 1. The molecule has 2 aromatic rings. The van der Waals surface area contributed by atoms with Gasteiger partial charge in [0.2, 0.25) is 5.91 Å². The number of piperidine rings is 1. The number of benzene rings is 1. The van der Waals surface area contributed by atoms with Crippen LogP contribution in [0, 0.1) is 12.8 Å². The number of rotatable bonds is 3. The molecule has 1 amide bonds. The number of hydrogen-bond acceptors (Lipinski definition) is 5. The lowest BCUT2D eigenvalue weighted by Crippen LogP contribution is -2.40. The molecule has 3 rings (SSSR count). The third-order valence-corrected chi connectivity index (χ3v) is 4.61. The highest BCUT2D eigenvalue weighted by Crippen LogP contribution is 2.38. The van der Waals surface area contributed by atoms with Crippen LogP contribution in [0.2, 0.25) is 0 Å². The summed E-state index contributed by atoms with van der Waals surface area (Å²) < 4.78 is 38.5. The molecule has 27 heavy (non-hydrogen) atoms. The van der Waals surface area contributed by atoms with Crippen molar-refractivity contribution in [2.45, 2.75) is 25.9 Å². The number of halogens is 3. The molecular formula is C18H18F3N3O3. The SMILES string of the molecule is Cc1cc(C(F)(F)F)cc(O)c1-c1ccc(N2CC[C@H](CO)CC2=O)nn1. The highest BCUT2D eigenvalue weighted by atomic mass is 19.4. The lowest BCUT2D eigenvalue weighted by atomic mass is 9.97. The number of carbonyl (C=O) groups is 1. The fraction of sp³-hybridized carbons (Fsp3) is 0.389. The number of anilines is 1. The fourth-order valence-electron chi connectivity index (χ4n) is 3.16. The maximum Gasteiger partial charge on any atom is 0.416 e. The Balaban J connectivity index is 1.87. The van der Waals surface area contributed by atoms with Crippen LogP contribution in [0.25, 0.3) is 11.3 Å². The van der Waals surface area contributed by atoms with Gasteiger partial charge in [-0.05, 0) is 49.1 Å². The number of aryl methyl sites for hydroxylation is 1. The number of nitrogens with zero attached hydrogens (tertiary/aromatic N) is 3. The number of aromatic nitrogens is 2. The molecule has 9 heteroatoms. The number of phenolic OH excluding ortho intramolecular Hbond substituents is 1. The van der Waals surface area contributed by atoms with E-state index in [1.165, 1.54) is 24.0 Å². The van der Waals surface area contributed by atoms with E-state index in [0.29, 0.717) is 24.8 Å². The van der Waals surface area contributed by atoms with E-state index < -0.39 is 17.5 Å². The minimum Gasteiger partial charge on any atom is -0.507 e. The topological polar surface area (TPSA) is 86.5 Å². The van der Waals surface area contributed by atoms with E-state index in [4.69, 9.17) is 5.11 Å². The lowest BCUT2D eigenvalue weighted by Gasteiger charge is -2.29. The molecule has 6 nitrogen and oxygen atoms in total. The Morgan fingerprint density at radius 2 is 2.00 bits per heavy atom. The first-order valence-electron chi connectivity index (χ1n) is 8.37. The molecule has 2 N–H and O–H groups in total. The van der Waals surface area contributed by atoms with Crippen LogP contribution in [0.1, 0.15) is 24.0 Å². The van der Waals surface area contributed by atoms with E-state index in [9.17, 15) is 23.1 Å². The van der Waals surface area contributed by atoms with Crippen LogP contribution in [-0.4, -0.2) is 39.5 Å². The van der Waals surface area contributed by atoms with Crippen LogP contribution in [0.3, 0.4) is 0 Å². The first kappa shape index (κ1) is 19.1. The van der Waals surface area contributed by atoms with Crippen molar-refractivity contribution in [1.82, 2.24) is 10.2 Å². The first-order valence-corrected chi connectivity index (χ1v) is 8.37. The molecule has 0 bridgehead atoms. The van der Waals surface area contributed by atoms with Gasteiger partial charge in [-0.3, -0.25) is 9.69 Å². The minimum absolute atomic E-state index is 0.0450. The molecule has 1 atom stereocenters. The number of carbonyl (C=O) groups excluding carboxylic acids is 1. The highest BCUT2D eigenvalue weighted by Gasteiger charge is 2.32. The van der Waals surface area contributed by atoms with Gasteiger partial charge in [-0.2, -0.15) is 13.2 Å². The summed E-state index contributed by atoms with van der Waals surface area (Å²) in [5.41, 5.74) is -0.361. The van der Waals surface area contributed by atoms with Crippen molar-refractivity contribution in [3.8, 4) is 17.0 Å². The number of aliphatic hydroxyl groups is 1. The van der Waals surface area contributed by atoms with Crippen LogP contribution in [0.5, 0.6) is 5.75 Å². The van der Waals surface area contributed by atoms with Crippen molar-refractivity contribution in [1.29, 1.82) is 0 Å². The Kier molecular flexibility index (Phi) is 5.05. The molecular weight excluding hydrogens is 363 g/mol. The molecule has 0 radical (unpaired) electrons. The van der Waals surface area contributed by atoms with Gasteiger partial charge in [0.15, 0.2) is 5.82 Å². The Bertz CT molecular complexity index is 830. The van der Waals surface area contributed by atoms with Crippen LogP contribution in [0.15, 0.2) is 24.3 Å². The summed E-state index contributed by atoms with van der Waals surface area (Å²) in [6, 6.07) is 4.63. The molecule has 144 valence electrons. The van der Waals surface area contributed by atoms with Crippen molar-refractivity contribution in [2.24, 2.45) is 5.92 Å². The summed E-state index contributed by atoms with van der Waals surface area (Å²) in [6.45, 7) is 1.81. The standard InChI is InChI=1S/C18H18F3N3O3/c1-10-6-12(18(19,20)21)8-14(26)17(10)13-2-3-15(23-22-13)24-5-4-11(9-25)7-16(24)27/h2-3,6,8,11,25-26H,4-5,7,9H2,1H3/t11-/m0/s1. The van der Waals surface area contributed by atoms with E-state index in [2.05, 4.69) is 10.2 Å². The molecule has 0 unspecified atom stereocenters. The van der Waals surface area contributed by atoms with Gasteiger partial charge in [-0.1, -0.05) is 0 Å². The molecule has 0 aliphatic carbocycles. The molecule has 0 saturated carbocycles. The largest absolute Gasteiger partial charge is 0.507 e. The minimum atomic E-state index is -4.56. The van der Waals surface area contributed by atoms with E-state index in [1.54, 1.807) is 0 Å². The Morgan fingerprint density at radius 1 is 1.26 bits per heavy atom. The van der Waals surface area contributed by atoms with Gasteiger partial charge in [0.05, 0.1) is 11.3 Å². The van der Waals surface area contributed by atoms with Crippen molar-refractivity contribution in [3.05, 3.63) is 35.4 Å². The average molecular weight is 381 g/mol. The number of alkyl halides is 3. The summed E-state index contributed by atoms with van der Waals surface area (Å²) in [7, 11) is 0. The van der Waals surface area contributed by atoms with Crippen molar-refractivity contribution >= 4 is 11.7 Å². The number of aromatic hydroxyl groups is 1. The van der Waals surface area contributed by atoms with E-state index in [-0.39, 0.29) is 41.7 Å². The Hall–Kier alpha value is -2.68. The van der Waals surface area contributed by atoms with Crippen LogP contribution < -0.4 is 4.90 Å². The number of hydrogen-bond donors (Lipinski definition) is 2. The molecule has 1 aliphatic rings. The maximum atomic E-state index is 12.8. The van der Waals surface area contributed by atoms with Crippen LogP contribution >= 0.6 is 0 Å². The summed E-state index contributed by atoms with van der Waals surface area (Å²) in [6.07, 6.45) is -3.69. The van der Waals surface area contributed by atoms with Gasteiger partial charge in [0.1, 0.15) is 5.75 Å². The van der Waals surface area contributed by atoms with Gasteiger partial charge in [-0.15, -0.1) is 10.2 Å². The van der Waals surface area contributed by atoms with Crippen LogP contribution in [-0.2, 0) is 11.0 Å². The number of phenols is 1. The van der Waals surface area contributed by atoms with E-state index >= 15 is 0 Å². The Labute approximate surface area is 153 Å². The summed E-state index contributed by atoms with van der Waals surface area (Å²) in [5, 5.41) is 27.2. The van der Waals surface area contributed by atoms with E-state index in [0.717, 1.165) is 6.07 Å². The monoisotopic (exact) mass is 381 g/mol. The smallest absolute Gasteiger partial charge is 0.416 e. The molecule has 0 spiro atoms. The predicted molar refractivity (Wildman–Crippen MR) is 91.0 cm³/mol. The van der Waals surface area contributed by atoms with Crippen molar-refractivity contribution in [3.63, 3.8) is 0 Å². The molecule has 1 aliphatic heterocycles. The van der Waals surface area contributed by atoms with Crippen molar-refractivity contribution < 1.29 is 28.2 Å². The van der Waals surface area contributed by atoms with Gasteiger partial charge in [0, 0.05) is 25.1 Å². The average Bonchev–Trinajstić information content (AvgIpc) is 2.61. The zero-order valence-electron chi connectivity index (χ0n) is 14.5. The second-order valence-electron chi connectivity index (χ2n) is 6.55. The van der Waals surface area contributed by atoms with Gasteiger partial charge >= 0.3 is 6.18 Å². The fourth-order valence-corrected chi connectivity index (χ4v) is 3.16. The zero-order chi connectivity index (χ0) is 19.8. The Morgan fingerprint density at radius 3 is 2.52 bits per heavy atom. The molecule has 1 saturated heterocycles. The van der Waals surface area contributed by atoms with Gasteiger partial charge in [-0.25, -0.2) is 0 Å². The molecule has 2 heterocycles. The van der Waals surface area contributed by atoms with Crippen LogP contribution in [0.4, 0.5) is 19.0 Å². The summed E-state index contributed by atoms with van der Waals surface area (Å²) in [5.74, 6) is -0.447. The second-order valence-corrected chi connectivity index (χ2v) is 6.55. The quantitative estimate of drug-likeness (QED) is 0.854. The zero-order valence-corrected chi connectivity index (χ0v) is 14.5. The maximum absolute atomic E-state index is 12.8. The van der Waals surface area contributed by atoms with Crippen molar-refractivity contribution in [2.75, 3.05) is 18.1 Å². The third-order valence-electron chi connectivity index (χ3n) is 4.61. The van der Waals surface area contributed by atoms with Gasteiger partial charge in [0.25, 0.3) is 0 Å². The molecule has 1 aromatic heterocycles. The lowest BCUT2D eigenvalue weighted by molar-refractivity contribution is -0.137. The number of aliphatic hydroxyl groups excluding tert-OH is 1. The normalized spacial score (nSPS) is 18.0. The van der Waals surface area contributed by atoms with Gasteiger partial charge < -0.3 is 10.2 Å². The molecule has 1 aromatic carbocycles. The third kappa shape index (κ3) is 3.87. The summed E-state index contributed by atoms with van der Waals surface area (Å²) in [4.78, 5) is 13.6. The second kappa shape index (κ2) is 7.15. The summed E-state index contributed by atoms with van der Waals surface area (Å²) >= 11 is 0. The first-order chi connectivity index (χ1) is 12.7. The highest BCUT2D eigenvalue weighted by molar-refractivity contribution is 5.93.